The first-order valence-corrected chi connectivity index (χ1v) is 7.81. The molecule has 0 radical (unpaired) electrons. The van der Waals surface area contributed by atoms with E-state index in [1.54, 1.807) is 6.20 Å². The zero-order chi connectivity index (χ0) is 16.4. The Kier molecular flexibility index (Phi) is 4.15. The van der Waals surface area contributed by atoms with E-state index < -0.39 is 0 Å². The summed E-state index contributed by atoms with van der Waals surface area (Å²) in [7, 11) is 0. The van der Waals surface area contributed by atoms with Crippen LogP contribution in [0.2, 0.25) is 0 Å². The van der Waals surface area contributed by atoms with Crippen molar-refractivity contribution in [3.63, 3.8) is 0 Å². The van der Waals surface area contributed by atoms with Gasteiger partial charge < -0.3 is 9.30 Å². The van der Waals surface area contributed by atoms with E-state index in [2.05, 4.69) is 22.5 Å². The highest BCUT2D eigenvalue weighted by Crippen LogP contribution is 2.32. The van der Waals surface area contributed by atoms with Crippen molar-refractivity contribution in [2.24, 2.45) is 0 Å². The number of carbonyl (C=O) groups excluding carboxylic acids is 1. The summed E-state index contributed by atoms with van der Waals surface area (Å²) in [5, 5.41) is 0.930. The van der Waals surface area contributed by atoms with Crippen LogP contribution in [0.5, 0.6) is 0 Å². The molecule has 3 rings (SSSR count). The fraction of sp³-hybridized carbons (Fsp3) is 0.263. The maximum Gasteiger partial charge on any atom is 0.340 e. The van der Waals surface area contributed by atoms with Gasteiger partial charge in [-0.2, -0.15) is 0 Å². The third kappa shape index (κ3) is 2.61. The van der Waals surface area contributed by atoms with Crippen LogP contribution in [0.25, 0.3) is 10.9 Å². The van der Waals surface area contributed by atoms with Crippen LogP contribution >= 0.6 is 0 Å². The third-order valence-electron chi connectivity index (χ3n) is 4.19. The Bertz CT molecular complexity index is 837. The number of para-hydroxylation sites is 1. The first kappa shape index (κ1) is 15.3. The summed E-state index contributed by atoms with van der Waals surface area (Å²) in [5.74, 6) is -0.265. The number of nitrogens with zero attached hydrogens (tertiary/aromatic N) is 2. The molecule has 0 N–H and O–H groups in total. The minimum absolute atomic E-state index is 0.0803. The van der Waals surface area contributed by atoms with Gasteiger partial charge in [0, 0.05) is 29.0 Å². The fourth-order valence-electron chi connectivity index (χ4n) is 3.12. The van der Waals surface area contributed by atoms with Gasteiger partial charge in [-0.05, 0) is 38.5 Å². The number of rotatable bonds is 4. The molecule has 3 aromatic rings. The highest BCUT2D eigenvalue weighted by atomic mass is 16.5. The van der Waals surface area contributed by atoms with Gasteiger partial charge in [-0.1, -0.05) is 24.3 Å². The molecule has 1 aromatic carbocycles. The summed E-state index contributed by atoms with van der Waals surface area (Å²) in [5.41, 5.74) is 3.70. The Morgan fingerprint density at radius 3 is 2.74 bits per heavy atom. The molecular formula is C19H20N2O2. The molecule has 0 saturated heterocycles. The summed E-state index contributed by atoms with van der Waals surface area (Å²) in [6.07, 6.45) is 3.63. The Morgan fingerprint density at radius 1 is 1.26 bits per heavy atom. The first-order chi connectivity index (χ1) is 11.1. The predicted octanol–water partition coefficient (Wildman–Crippen LogP) is 4.13. The molecule has 2 aromatic heterocycles. The van der Waals surface area contributed by atoms with Gasteiger partial charge in [0.05, 0.1) is 18.2 Å². The lowest BCUT2D eigenvalue weighted by Crippen LogP contribution is -2.11. The third-order valence-corrected chi connectivity index (χ3v) is 4.19. The summed E-state index contributed by atoms with van der Waals surface area (Å²) in [6, 6.07) is 12.0. The van der Waals surface area contributed by atoms with Crippen molar-refractivity contribution in [1.82, 2.24) is 9.55 Å². The monoisotopic (exact) mass is 308 g/mol. The number of ether oxygens (including phenoxy) is 1. The SMILES string of the molecule is CCOC(=O)c1c(C)n(C(C)c2cccnc2)c2ccccc12. The number of aromatic nitrogens is 2. The second kappa shape index (κ2) is 6.24. The van der Waals surface area contributed by atoms with Crippen molar-refractivity contribution < 1.29 is 9.53 Å². The maximum absolute atomic E-state index is 12.4. The van der Waals surface area contributed by atoms with Gasteiger partial charge in [-0.15, -0.1) is 0 Å². The number of hydrogen-bond donors (Lipinski definition) is 0. The smallest absolute Gasteiger partial charge is 0.340 e. The maximum atomic E-state index is 12.4. The van der Waals surface area contributed by atoms with E-state index in [0.29, 0.717) is 12.2 Å². The molecule has 23 heavy (non-hydrogen) atoms. The molecule has 0 fully saturated rings. The minimum atomic E-state index is -0.265. The van der Waals surface area contributed by atoms with Crippen molar-refractivity contribution >= 4 is 16.9 Å². The van der Waals surface area contributed by atoms with Crippen LogP contribution in [0.1, 0.15) is 41.5 Å². The largest absolute Gasteiger partial charge is 0.462 e. The quantitative estimate of drug-likeness (QED) is 0.681. The Labute approximate surface area is 135 Å². The summed E-state index contributed by atoms with van der Waals surface area (Å²) in [4.78, 5) is 16.6. The van der Waals surface area contributed by atoms with Crippen molar-refractivity contribution in [1.29, 1.82) is 0 Å². The molecule has 0 amide bonds. The van der Waals surface area contributed by atoms with E-state index in [0.717, 1.165) is 22.2 Å². The molecule has 1 unspecified atom stereocenters. The Morgan fingerprint density at radius 2 is 2.04 bits per heavy atom. The number of esters is 1. The zero-order valence-corrected chi connectivity index (χ0v) is 13.6. The average Bonchev–Trinajstić information content (AvgIpc) is 2.87. The average molecular weight is 308 g/mol. The van der Waals surface area contributed by atoms with Gasteiger partial charge in [-0.25, -0.2) is 4.79 Å². The second-order valence-electron chi connectivity index (χ2n) is 5.53. The van der Waals surface area contributed by atoms with Gasteiger partial charge in [0.25, 0.3) is 0 Å². The summed E-state index contributed by atoms with van der Waals surface area (Å²) < 4.78 is 7.43. The van der Waals surface area contributed by atoms with E-state index >= 15 is 0 Å². The molecule has 0 aliphatic carbocycles. The molecule has 0 spiro atoms. The minimum Gasteiger partial charge on any atom is -0.462 e. The normalized spacial score (nSPS) is 12.3. The Hall–Kier alpha value is -2.62. The second-order valence-corrected chi connectivity index (χ2v) is 5.53. The van der Waals surface area contributed by atoms with Gasteiger partial charge in [0.2, 0.25) is 0 Å². The molecule has 4 nitrogen and oxygen atoms in total. The van der Waals surface area contributed by atoms with E-state index in [1.165, 1.54) is 0 Å². The van der Waals surface area contributed by atoms with Crippen LogP contribution in [0.15, 0.2) is 48.8 Å². The van der Waals surface area contributed by atoms with Crippen molar-refractivity contribution in [3.8, 4) is 0 Å². The lowest BCUT2D eigenvalue weighted by atomic mass is 10.1. The van der Waals surface area contributed by atoms with Crippen LogP contribution in [0.3, 0.4) is 0 Å². The number of fused-ring (bicyclic) bond motifs is 1. The van der Waals surface area contributed by atoms with E-state index in [-0.39, 0.29) is 12.0 Å². The summed E-state index contributed by atoms with van der Waals surface area (Å²) >= 11 is 0. The van der Waals surface area contributed by atoms with Crippen LogP contribution in [-0.4, -0.2) is 22.1 Å². The Balaban J connectivity index is 2.21. The number of carbonyl (C=O) groups is 1. The molecule has 118 valence electrons. The van der Waals surface area contributed by atoms with Crippen LogP contribution in [0, 0.1) is 6.92 Å². The molecule has 0 aliphatic heterocycles. The predicted molar refractivity (Wildman–Crippen MR) is 90.7 cm³/mol. The highest BCUT2D eigenvalue weighted by Gasteiger charge is 2.23. The van der Waals surface area contributed by atoms with Crippen LogP contribution in [0.4, 0.5) is 0 Å². The lowest BCUT2D eigenvalue weighted by molar-refractivity contribution is 0.0527. The molecule has 1 atom stereocenters. The van der Waals surface area contributed by atoms with Crippen molar-refractivity contribution in [2.45, 2.75) is 26.8 Å². The van der Waals surface area contributed by atoms with Crippen molar-refractivity contribution in [3.05, 3.63) is 65.6 Å². The van der Waals surface area contributed by atoms with E-state index in [9.17, 15) is 4.79 Å². The van der Waals surface area contributed by atoms with Crippen molar-refractivity contribution in [2.75, 3.05) is 6.61 Å². The van der Waals surface area contributed by atoms with Gasteiger partial charge in [0.1, 0.15) is 0 Å². The molecular weight excluding hydrogens is 288 g/mol. The molecule has 2 heterocycles. The first-order valence-electron chi connectivity index (χ1n) is 7.81. The van der Waals surface area contributed by atoms with E-state index in [4.69, 9.17) is 4.74 Å². The highest BCUT2D eigenvalue weighted by molar-refractivity contribution is 6.06. The number of hydrogen-bond acceptors (Lipinski definition) is 3. The standard InChI is InChI=1S/C19H20N2O2/c1-4-23-19(22)18-14(3)21(17-10-6-5-9-16(17)18)13(2)15-8-7-11-20-12-15/h5-13H,4H2,1-3H3. The molecule has 0 bridgehead atoms. The van der Waals surface area contributed by atoms with Gasteiger partial charge in [-0.3, -0.25) is 4.98 Å². The molecule has 0 aliphatic rings. The fourth-order valence-corrected chi connectivity index (χ4v) is 3.12. The summed E-state index contributed by atoms with van der Waals surface area (Å²) in [6.45, 7) is 6.28. The number of benzene rings is 1. The molecule has 0 saturated carbocycles. The number of pyridine rings is 1. The topological polar surface area (TPSA) is 44.1 Å². The van der Waals surface area contributed by atoms with E-state index in [1.807, 2.05) is 50.4 Å². The van der Waals surface area contributed by atoms with Gasteiger partial charge in [0.15, 0.2) is 0 Å². The molecule has 4 heteroatoms. The lowest BCUT2D eigenvalue weighted by Gasteiger charge is -2.18. The zero-order valence-electron chi connectivity index (χ0n) is 13.6. The van der Waals surface area contributed by atoms with Gasteiger partial charge >= 0.3 is 5.97 Å². The van der Waals surface area contributed by atoms with Crippen LogP contribution < -0.4 is 0 Å². The van der Waals surface area contributed by atoms with Crippen LogP contribution in [-0.2, 0) is 4.74 Å².